The summed E-state index contributed by atoms with van der Waals surface area (Å²) in [6, 6.07) is 0. The first-order valence-corrected chi connectivity index (χ1v) is 14.3. The van der Waals surface area contributed by atoms with Gasteiger partial charge in [0.25, 0.3) is 0 Å². The largest absolute Gasteiger partial charge is 0.469 e. The van der Waals surface area contributed by atoms with Gasteiger partial charge < -0.3 is 13.9 Å². The van der Waals surface area contributed by atoms with Crippen LogP contribution in [0.2, 0.25) is 19.6 Å². The van der Waals surface area contributed by atoms with E-state index in [2.05, 4.69) is 32.3 Å². The maximum Gasteiger partial charge on any atom is 0.316 e. The van der Waals surface area contributed by atoms with Crippen LogP contribution in [-0.4, -0.2) is 39.1 Å². The molecule has 3 saturated carbocycles. The van der Waals surface area contributed by atoms with E-state index >= 15 is 0 Å². The van der Waals surface area contributed by atoms with Crippen molar-refractivity contribution in [1.82, 2.24) is 0 Å². The van der Waals surface area contributed by atoms with Crippen molar-refractivity contribution in [2.75, 3.05) is 7.11 Å². The molecule has 8 atom stereocenters. The highest BCUT2D eigenvalue weighted by atomic mass is 28.4. The van der Waals surface area contributed by atoms with Crippen LogP contribution in [0, 0.1) is 34.5 Å². The smallest absolute Gasteiger partial charge is 0.316 e. The molecule has 5 rings (SSSR count). The van der Waals surface area contributed by atoms with E-state index in [9.17, 15) is 9.59 Å². The van der Waals surface area contributed by atoms with Gasteiger partial charge in [-0.05, 0) is 63.6 Å². The monoisotopic (exact) mass is 416 g/mol. The third kappa shape index (κ3) is 2.20. The van der Waals surface area contributed by atoms with Gasteiger partial charge in [-0.3, -0.25) is 9.59 Å². The Hall–Kier alpha value is -1.40. The third-order valence-electron chi connectivity index (χ3n) is 8.59. The zero-order chi connectivity index (χ0) is 21.0. The van der Waals surface area contributed by atoms with E-state index < -0.39 is 19.3 Å². The molecule has 4 fully saturated rings. The normalized spacial score (nSPS) is 49.6. The summed E-state index contributed by atoms with van der Waals surface area (Å²) in [5.41, 5.74) is -0.592. The molecule has 0 aromatic heterocycles. The van der Waals surface area contributed by atoms with Crippen molar-refractivity contribution in [3.8, 4) is 0 Å². The maximum atomic E-state index is 13.3. The number of hydrogen-bond donors (Lipinski definition) is 0. The molecule has 0 N–H and O–H groups in total. The van der Waals surface area contributed by atoms with Crippen LogP contribution in [0.25, 0.3) is 0 Å². The summed E-state index contributed by atoms with van der Waals surface area (Å²) >= 11 is 0. The Morgan fingerprint density at radius 3 is 2.69 bits per heavy atom. The van der Waals surface area contributed by atoms with Crippen molar-refractivity contribution in [3.63, 3.8) is 0 Å². The van der Waals surface area contributed by atoms with Crippen LogP contribution < -0.4 is 0 Å². The van der Waals surface area contributed by atoms with E-state index in [4.69, 9.17) is 13.9 Å². The molecule has 29 heavy (non-hydrogen) atoms. The topological polar surface area (TPSA) is 61.8 Å². The van der Waals surface area contributed by atoms with Crippen LogP contribution in [0.5, 0.6) is 0 Å². The second-order valence-electron chi connectivity index (χ2n) is 11.1. The minimum Gasteiger partial charge on any atom is -0.469 e. The molecule has 1 spiro atoms. The highest BCUT2D eigenvalue weighted by molar-refractivity contribution is 6.69. The second kappa shape index (κ2) is 5.64. The number of methoxy groups -OCH3 is 1. The van der Waals surface area contributed by atoms with Gasteiger partial charge in [0.1, 0.15) is 11.7 Å². The van der Waals surface area contributed by atoms with Gasteiger partial charge >= 0.3 is 11.9 Å². The van der Waals surface area contributed by atoms with Gasteiger partial charge in [-0.2, -0.15) is 0 Å². The first-order valence-electron chi connectivity index (χ1n) is 10.9. The maximum absolute atomic E-state index is 13.3. The molecule has 5 aliphatic rings. The van der Waals surface area contributed by atoms with E-state index in [1.807, 2.05) is 13.0 Å². The van der Waals surface area contributed by atoms with E-state index in [1.54, 1.807) is 0 Å². The molecular weight excluding hydrogens is 384 g/mol. The van der Waals surface area contributed by atoms with Crippen LogP contribution in [-0.2, 0) is 23.5 Å². The average molecular weight is 417 g/mol. The summed E-state index contributed by atoms with van der Waals surface area (Å²) in [6.45, 7) is 12.8. The molecule has 0 aromatic rings. The van der Waals surface area contributed by atoms with Crippen molar-refractivity contribution >= 4 is 20.3 Å². The number of esters is 2. The van der Waals surface area contributed by atoms with E-state index in [1.165, 1.54) is 12.7 Å². The Bertz CT molecular complexity index is 843. The summed E-state index contributed by atoms with van der Waals surface area (Å²) in [5, 5.41) is 0. The first-order chi connectivity index (χ1) is 13.5. The third-order valence-corrected chi connectivity index (χ3v) is 9.56. The molecule has 3 unspecified atom stereocenters. The van der Waals surface area contributed by atoms with Crippen molar-refractivity contribution < 1.29 is 23.5 Å². The molecule has 6 heteroatoms. The SMILES string of the molecule is C=C1C[C@]23C[C@H]1CCC2[C@]12OC(=O)C(C)(C=C[C@H]1O[Si](C)(C)C)C2[C@@H]3C(=O)OC. The summed E-state index contributed by atoms with van der Waals surface area (Å²) < 4.78 is 18.4. The van der Waals surface area contributed by atoms with Crippen LogP contribution in [0.1, 0.15) is 32.6 Å². The summed E-state index contributed by atoms with van der Waals surface area (Å²) in [5.74, 6) is -0.491. The van der Waals surface area contributed by atoms with E-state index in [0.717, 1.165) is 25.7 Å². The fraction of sp³-hybridized carbons (Fsp3) is 0.739. The van der Waals surface area contributed by atoms with Gasteiger partial charge in [-0.25, -0.2) is 0 Å². The number of carbonyl (C=O) groups excluding carboxylic acids is 2. The van der Waals surface area contributed by atoms with Gasteiger partial charge in [0.05, 0.1) is 18.4 Å². The molecule has 0 amide bonds. The molecule has 0 radical (unpaired) electrons. The summed E-state index contributed by atoms with van der Waals surface area (Å²) in [7, 11) is -0.461. The predicted octanol–water partition coefficient (Wildman–Crippen LogP) is 3.86. The molecule has 158 valence electrons. The number of rotatable bonds is 3. The van der Waals surface area contributed by atoms with E-state index in [-0.39, 0.29) is 41.2 Å². The molecule has 1 saturated heterocycles. The number of hydrogen-bond acceptors (Lipinski definition) is 5. The minimum atomic E-state index is -1.92. The van der Waals surface area contributed by atoms with Crippen LogP contribution in [0.3, 0.4) is 0 Å². The fourth-order valence-electron chi connectivity index (χ4n) is 7.81. The zero-order valence-corrected chi connectivity index (χ0v) is 19.1. The Morgan fingerprint density at radius 1 is 1.31 bits per heavy atom. The number of fused-ring (bicyclic) bond motifs is 1. The summed E-state index contributed by atoms with van der Waals surface area (Å²) in [4.78, 5) is 26.5. The highest BCUT2D eigenvalue weighted by Gasteiger charge is 2.83. The quantitative estimate of drug-likeness (QED) is 0.397. The highest BCUT2D eigenvalue weighted by Crippen LogP contribution is 2.77. The Labute approximate surface area is 174 Å². The Balaban J connectivity index is 1.74. The Morgan fingerprint density at radius 2 is 2.03 bits per heavy atom. The lowest BCUT2D eigenvalue weighted by atomic mass is 9.62. The van der Waals surface area contributed by atoms with Crippen LogP contribution in [0.4, 0.5) is 0 Å². The Kier molecular flexibility index (Phi) is 3.80. The van der Waals surface area contributed by atoms with Gasteiger partial charge in [-0.1, -0.05) is 24.3 Å². The summed E-state index contributed by atoms with van der Waals surface area (Å²) in [6.07, 6.45) is 7.47. The molecular formula is C23H32O5Si. The average Bonchev–Trinajstić information content (AvgIpc) is 3.10. The van der Waals surface area contributed by atoms with Crippen molar-refractivity contribution in [1.29, 1.82) is 0 Å². The van der Waals surface area contributed by atoms with Gasteiger partial charge in [-0.15, -0.1) is 0 Å². The molecule has 4 bridgehead atoms. The lowest BCUT2D eigenvalue weighted by molar-refractivity contribution is -0.169. The van der Waals surface area contributed by atoms with Gasteiger partial charge in [0.2, 0.25) is 0 Å². The second-order valence-corrected chi connectivity index (χ2v) is 15.6. The van der Waals surface area contributed by atoms with Gasteiger partial charge in [0, 0.05) is 11.8 Å². The predicted molar refractivity (Wildman–Crippen MR) is 110 cm³/mol. The lowest BCUT2D eigenvalue weighted by Gasteiger charge is -2.47. The molecule has 1 aliphatic heterocycles. The standard InChI is InChI=1S/C23H32O5Si/c1-13-11-22-12-14(13)7-8-15(22)23-16(28-29(4,5)6)9-10-21(2,20(25)27-23)18(23)17(22)19(24)26-3/h9-10,14-18H,1,7-8,11-12H2,2-6H3/t14-,15?,16-,17-,18?,21?,22+,23+/m1/s1. The number of ether oxygens (including phenoxy) is 2. The molecule has 1 heterocycles. The van der Waals surface area contributed by atoms with Crippen molar-refractivity contribution in [2.45, 2.75) is 64.0 Å². The van der Waals surface area contributed by atoms with Crippen LogP contribution in [0.15, 0.2) is 24.3 Å². The minimum absolute atomic E-state index is 0.0941. The molecule has 0 aromatic carbocycles. The number of carbonyl (C=O) groups is 2. The van der Waals surface area contributed by atoms with Gasteiger partial charge in [0.15, 0.2) is 8.32 Å². The first kappa shape index (κ1) is 19.6. The van der Waals surface area contributed by atoms with E-state index in [0.29, 0.717) is 5.92 Å². The van der Waals surface area contributed by atoms with Crippen LogP contribution >= 0.6 is 0 Å². The fourth-order valence-corrected chi connectivity index (χ4v) is 8.83. The molecule has 5 nitrogen and oxygen atoms in total. The lowest BCUT2D eigenvalue weighted by Crippen LogP contribution is -2.57. The zero-order valence-electron chi connectivity index (χ0n) is 18.1. The van der Waals surface area contributed by atoms with Crippen molar-refractivity contribution in [3.05, 3.63) is 24.3 Å². The number of allylic oxidation sites excluding steroid dienone is 1. The van der Waals surface area contributed by atoms with Crippen molar-refractivity contribution in [2.24, 2.45) is 34.5 Å². The molecule has 4 aliphatic carbocycles.